The lowest BCUT2D eigenvalue weighted by Gasteiger charge is -2.66. The van der Waals surface area contributed by atoms with Crippen LogP contribution in [0.15, 0.2) is 0 Å². The highest BCUT2D eigenvalue weighted by Gasteiger charge is 2.68. The first-order chi connectivity index (χ1) is 12.2. The summed E-state index contributed by atoms with van der Waals surface area (Å²) in [7, 11) is 0. The maximum atomic E-state index is 15.5. The van der Waals surface area contributed by atoms with Crippen LogP contribution in [0, 0.1) is 16.2 Å². The molecular formula is C19H26FN3O2S. The Morgan fingerprint density at radius 2 is 1.88 bits per heavy atom. The molecule has 1 amide bonds. The standard InChI is InChI=1S/C19H26FN3O2S/c1-16-6-17(2)8-18(7-16,11-19(20,9-16)10-17)14(24)21-15-23-22-13(26-15)12-4-3-5-25-12/h12H,3-11H2,1-2H3,(H,21,23,24). The minimum Gasteiger partial charge on any atom is -0.371 e. The number of aromatic nitrogens is 2. The first-order valence-electron chi connectivity index (χ1n) is 9.66. The summed E-state index contributed by atoms with van der Waals surface area (Å²) in [4.78, 5) is 13.3. The number of carbonyl (C=O) groups excluding carboxylic acids is 1. The number of ether oxygens (including phenoxy) is 1. The van der Waals surface area contributed by atoms with Crippen molar-refractivity contribution in [1.29, 1.82) is 0 Å². The maximum absolute atomic E-state index is 15.5. The number of alkyl halides is 1. The summed E-state index contributed by atoms with van der Waals surface area (Å²) in [5.74, 6) is -0.0638. The molecule has 0 aromatic carbocycles. The smallest absolute Gasteiger partial charge is 0.232 e. The van der Waals surface area contributed by atoms with E-state index in [0.29, 0.717) is 24.4 Å². The van der Waals surface area contributed by atoms with Crippen LogP contribution in [0.3, 0.4) is 0 Å². The molecule has 4 saturated carbocycles. The monoisotopic (exact) mass is 379 g/mol. The van der Waals surface area contributed by atoms with Crippen molar-refractivity contribution in [3.05, 3.63) is 5.01 Å². The zero-order valence-corrected chi connectivity index (χ0v) is 16.3. The first kappa shape index (κ1) is 17.0. The molecule has 4 bridgehead atoms. The molecule has 26 heavy (non-hydrogen) atoms. The summed E-state index contributed by atoms with van der Waals surface area (Å²) in [6.07, 6.45) is 6.15. The summed E-state index contributed by atoms with van der Waals surface area (Å²) in [5, 5.41) is 12.7. The van der Waals surface area contributed by atoms with Crippen molar-refractivity contribution in [2.24, 2.45) is 16.2 Å². The third-order valence-corrected chi connectivity index (χ3v) is 7.80. The molecule has 3 unspecified atom stereocenters. The molecule has 1 saturated heterocycles. The third-order valence-electron chi connectivity index (χ3n) is 6.87. The second-order valence-corrected chi connectivity index (χ2v) is 11.0. The zero-order valence-electron chi connectivity index (χ0n) is 15.4. The van der Waals surface area contributed by atoms with E-state index in [1.54, 1.807) is 0 Å². The number of halogens is 1. The van der Waals surface area contributed by atoms with E-state index in [-0.39, 0.29) is 22.8 Å². The van der Waals surface area contributed by atoms with Crippen LogP contribution in [0.2, 0.25) is 0 Å². The van der Waals surface area contributed by atoms with Gasteiger partial charge in [0.05, 0.1) is 5.41 Å². The summed E-state index contributed by atoms with van der Waals surface area (Å²) in [6, 6.07) is 0. The maximum Gasteiger partial charge on any atom is 0.232 e. The van der Waals surface area contributed by atoms with Gasteiger partial charge >= 0.3 is 0 Å². The molecule has 5 fully saturated rings. The van der Waals surface area contributed by atoms with Gasteiger partial charge in [-0.2, -0.15) is 0 Å². The Balaban J connectivity index is 1.38. The average molecular weight is 380 g/mol. The number of hydrogen-bond acceptors (Lipinski definition) is 5. The molecule has 1 N–H and O–H groups in total. The van der Waals surface area contributed by atoms with Gasteiger partial charge in [-0.25, -0.2) is 4.39 Å². The van der Waals surface area contributed by atoms with E-state index < -0.39 is 11.1 Å². The van der Waals surface area contributed by atoms with Gasteiger partial charge in [0.25, 0.3) is 0 Å². The summed E-state index contributed by atoms with van der Waals surface area (Å²) < 4.78 is 21.1. The summed E-state index contributed by atoms with van der Waals surface area (Å²) in [5.41, 5.74) is -1.94. The molecule has 3 atom stereocenters. The number of hydrogen-bond donors (Lipinski definition) is 1. The largest absolute Gasteiger partial charge is 0.371 e. The second kappa shape index (κ2) is 5.25. The topological polar surface area (TPSA) is 64.1 Å². The Morgan fingerprint density at radius 1 is 1.15 bits per heavy atom. The van der Waals surface area contributed by atoms with Crippen molar-refractivity contribution >= 4 is 22.4 Å². The summed E-state index contributed by atoms with van der Waals surface area (Å²) in [6.45, 7) is 5.09. The van der Waals surface area contributed by atoms with Crippen LogP contribution in [0.25, 0.3) is 0 Å². The molecule has 6 rings (SSSR count). The van der Waals surface area contributed by atoms with E-state index in [2.05, 4.69) is 29.4 Å². The van der Waals surface area contributed by atoms with Crippen LogP contribution in [0.1, 0.15) is 76.3 Å². The van der Waals surface area contributed by atoms with Gasteiger partial charge in [0.15, 0.2) is 0 Å². The van der Waals surface area contributed by atoms with Crippen molar-refractivity contribution in [2.45, 2.75) is 77.0 Å². The van der Waals surface area contributed by atoms with Crippen LogP contribution < -0.4 is 5.32 Å². The molecule has 0 spiro atoms. The highest BCUT2D eigenvalue weighted by Crippen LogP contribution is 2.71. The van der Waals surface area contributed by atoms with Crippen LogP contribution in [0.5, 0.6) is 0 Å². The number of anilines is 1. The predicted molar refractivity (Wildman–Crippen MR) is 96.7 cm³/mol. The van der Waals surface area contributed by atoms with E-state index in [4.69, 9.17) is 4.74 Å². The quantitative estimate of drug-likeness (QED) is 0.844. The number of carbonyl (C=O) groups is 1. The minimum absolute atomic E-state index is 0.00429. The van der Waals surface area contributed by atoms with E-state index in [1.807, 2.05) is 0 Å². The van der Waals surface area contributed by atoms with Crippen LogP contribution in [-0.2, 0) is 9.53 Å². The van der Waals surface area contributed by atoms with Crippen LogP contribution >= 0.6 is 11.3 Å². The van der Waals surface area contributed by atoms with Gasteiger partial charge in [0.1, 0.15) is 16.8 Å². The van der Waals surface area contributed by atoms with Crippen molar-refractivity contribution in [1.82, 2.24) is 10.2 Å². The number of nitrogens with one attached hydrogen (secondary N) is 1. The highest BCUT2D eigenvalue weighted by molar-refractivity contribution is 7.15. The SMILES string of the molecule is CC12CC3(C)CC(F)(C1)CC(C(=O)Nc1nnc(C4CCCO4)s1)(C2)C3. The lowest BCUT2D eigenvalue weighted by atomic mass is 9.39. The molecule has 4 aliphatic carbocycles. The Labute approximate surface area is 157 Å². The van der Waals surface area contributed by atoms with Gasteiger partial charge in [-0.15, -0.1) is 10.2 Å². The van der Waals surface area contributed by atoms with Crippen molar-refractivity contribution in [3.63, 3.8) is 0 Å². The van der Waals surface area contributed by atoms with Crippen molar-refractivity contribution in [2.75, 3.05) is 11.9 Å². The molecule has 142 valence electrons. The zero-order chi connectivity index (χ0) is 18.2. The Morgan fingerprint density at radius 3 is 2.50 bits per heavy atom. The molecule has 1 aromatic rings. The molecule has 0 radical (unpaired) electrons. The molecule has 5 nitrogen and oxygen atoms in total. The Kier molecular flexibility index (Phi) is 3.44. The highest BCUT2D eigenvalue weighted by atomic mass is 32.1. The second-order valence-electron chi connectivity index (χ2n) is 10.0. The van der Waals surface area contributed by atoms with Crippen molar-refractivity contribution in [3.8, 4) is 0 Å². The van der Waals surface area contributed by atoms with Gasteiger partial charge in [0, 0.05) is 6.61 Å². The molecular weight excluding hydrogens is 353 g/mol. The summed E-state index contributed by atoms with van der Waals surface area (Å²) >= 11 is 1.39. The minimum atomic E-state index is -1.19. The number of nitrogens with zero attached hydrogens (tertiary/aromatic N) is 2. The first-order valence-corrected chi connectivity index (χ1v) is 10.5. The Hall–Kier alpha value is -1.08. The van der Waals surface area contributed by atoms with Crippen LogP contribution in [0.4, 0.5) is 9.52 Å². The van der Waals surface area contributed by atoms with Gasteiger partial charge in [0.2, 0.25) is 11.0 Å². The molecule has 2 heterocycles. The predicted octanol–water partition coefficient (Wildman–Crippen LogP) is 4.42. The normalized spacial score (nSPS) is 46.7. The van der Waals surface area contributed by atoms with Crippen molar-refractivity contribution < 1.29 is 13.9 Å². The van der Waals surface area contributed by atoms with Gasteiger partial charge < -0.3 is 10.1 Å². The fraction of sp³-hybridized carbons (Fsp3) is 0.842. The van der Waals surface area contributed by atoms with E-state index >= 15 is 4.39 Å². The van der Waals surface area contributed by atoms with Gasteiger partial charge in [-0.05, 0) is 62.2 Å². The van der Waals surface area contributed by atoms with Gasteiger partial charge in [-0.1, -0.05) is 25.2 Å². The van der Waals surface area contributed by atoms with E-state index in [9.17, 15) is 4.79 Å². The number of rotatable bonds is 3. The van der Waals surface area contributed by atoms with E-state index in [0.717, 1.165) is 43.7 Å². The lowest BCUT2D eigenvalue weighted by molar-refractivity contribution is -0.197. The lowest BCUT2D eigenvalue weighted by Crippen LogP contribution is -2.64. The average Bonchev–Trinajstić information content (AvgIpc) is 3.11. The van der Waals surface area contributed by atoms with Crippen LogP contribution in [-0.4, -0.2) is 28.4 Å². The molecule has 7 heteroatoms. The number of amides is 1. The molecule has 5 aliphatic rings. The fourth-order valence-corrected chi connectivity index (χ4v) is 8.03. The third kappa shape index (κ3) is 2.61. The Bertz CT molecular complexity index is 706. The molecule has 1 aromatic heterocycles. The fourth-order valence-electron chi connectivity index (χ4n) is 7.21. The molecule has 1 aliphatic heterocycles. The van der Waals surface area contributed by atoms with E-state index in [1.165, 1.54) is 11.3 Å². The van der Waals surface area contributed by atoms with Gasteiger partial charge in [-0.3, -0.25) is 4.79 Å².